The Morgan fingerprint density at radius 1 is 1.10 bits per heavy atom. The summed E-state index contributed by atoms with van der Waals surface area (Å²) in [5, 5.41) is 2.87. The van der Waals surface area contributed by atoms with Crippen molar-refractivity contribution < 1.29 is 19.1 Å². The average Bonchev–Trinajstić information content (AvgIpc) is 2.72. The molecule has 2 aliphatic rings. The van der Waals surface area contributed by atoms with Crippen LogP contribution >= 0.6 is 0 Å². The summed E-state index contributed by atoms with van der Waals surface area (Å²) in [6.45, 7) is 8.81. The van der Waals surface area contributed by atoms with Crippen LogP contribution in [0.25, 0.3) is 0 Å². The lowest BCUT2D eigenvalue weighted by atomic mass is 9.95. The first-order valence-electron chi connectivity index (χ1n) is 11.2. The Hall–Kier alpha value is -2.64. The summed E-state index contributed by atoms with van der Waals surface area (Å²) in [5.41, 5.74) is 0.220. The second-order valence-corrected chi connectivity index (χ2v) is 9.46. The average molecular weight is 431 g/mol. The van der Waals surface area contributed by atoms with Crippen LogP contribution in [0.15, 0.2) is 18.2 Å². The van der Waals surface area contributed by atoms with Gasteiger partial charge in [0.05, 0.1) is 5.92 Å². The zero-order valence-corrected chi connectivity index (χ0v) is 19.0. The quantitative estimate of drug-likeness (QED) is 0.794. The van der Waals surface area contributed by atoms with Gasteiger partial charge in [-0.1, -0.05) is 6.07 Å². The number of nitrogens with zero attached hydrogens (tertiary/aromatic N) is 3. The van der Waals surface area contributed by atoms with Crippen LogP contribution in [0.2, 0.25) is 0 Å². The monoisotopic (exact) mass is 430 g/mol. The molecule has 2 atom stereocenters. The molecule has 1 aromatic heterocycles. The van der Waals surface area contributed by atoms with Crippen molar-refractivity contribution in [2.24, 2.45) is 5.92 Å². The number of carbonyl (C=O) groups excluding carboxylic acids is 3. The van der Waals surface area contributed by atoms with Gasteiger partial charge in [-0.15, -0.1) is 0 Å². The SMILES string of the molecule is Cc1cccc(NC(=O)C2CCCN(C(=O)C3CCCCN3C(=O)OC(C)(C)C)C2)n1. The van der Waals surface area contributed by atoms with Gasteiger partial charge in [0.1, 0.15) is 17.5 Å². The van der Waals surface area contributed by atoms with Gasteiger partial charge in [0, 0.05) is 25.3 Å². The number of likely N-dealkylation sites (tertiary alicyclic amines) is 2. The molecule has 8 heteroatoms. The predicted molar refractivity (Wildman–Crippen MR) is 117 cm³/mol. The van der Waals surface area contributed by atoms with Crippen LogP contribution < -0.4 is 5.32 Å². The molecule has 0 spiro atoms. The number of anilines is 1. The number of piperidine rings is 2. The number of pyridine rings is 1. The van der Waals surface area contributed by atoms with Gasteiger partial charge in [-0.3, -0.25) is 14.5 Å². The molecule has 3 amide bonds. The van der Waals surface area contributed by atoms with E-state index in [0.717, 1.165) is 31.4 Å². The maximum atomic E-state index is 13.3. The number of hydrogen-bond acceptors (Lipinski definition) is 5. The number of nitrogens with one attached hydrogen (secondary N) is 1. The smallest absolute Gasteiger partial charge is 0.410 e. The number of aryl methyl sites for hydroxylation is 1. The van der Waals surface area contributed by atoms with Gasteiger partial charge in [0.2, 0.25) is 11.8 Å². The molecule has 0 radical (unpaired) electrons. The summed E-state index contributed by atoms with van der Waals surface area (Å²) in [7, 11) is 0. The van der Waals surface area contributed by atoms with Gasteiger partial charge in [-0.05, 0) is 71.9 Å². The molecule has 0 aliphatic carbocycles. The molecule has 170 valence electrons. The third kappa shape index (κ3) is 6.18. The lowest BCUT2D eigenvalue weighted by molar-refractivity contribution is -0.141. The summed E-state index contributed by atoms with van der Waals surface area (Å²) in [6, 6.07) is 4.96. The van der Waals surface area contributed by atoms with Crippen LogP contribution in [0.1, 0.15) is 58.6 Å². The van der Waals surface area contributed by atoms with Crippen molar-refractivity contribution in [3.8, 4) is 0 Å². The minimum Gasteiger partial charge on any atom is -0.444 e. The Morgan fingerprint density at radius 3 is 2.58 bits per heavy atom. The molecule has 2 fully saturated rings. The fraction of sp³-hybridized carbons (Fsp3) is 0.652. The van der Waals surface area contributed by atoms with Crippen LogP contribution in [0.4, 0.5) is 10.6 Å². The molecule has 31 heavy (non-hydrogen) atoms. The predicted octanol–water partition coefficient (Wildman–Crippen LogP) is 3.36. The van der Waals surface area contributed by atoms with Crippen LogP contribution in [-0.2, 0) is 14.3 Å². The highest BCUT2D eigenvalue weighted by molar-refractivity contribution is 5.93. The fourth-order valence-electron chi connectivity index (χ4n) is 4.17. The van der Waals surface area contributed by atoms with Crippen molar-refractivity contribution in [2.45, 2.75) is 71.4 Å². The third-order valence-electron chi connectivity index (χ3n) is 5.66. The van der Waals surface area contributed by atoms with E-state index >= 15 is 0 Å². The van der Waals surface area contributed by atoms with Crippen LogP contribution in [0.5, 0.6) is 0 Å². The first-order valence-corrected chi connectivity index (χ1v) is 11.2. The fourth-order valence-corrected chi connectivity index (χ4v) is 4.17. The second-order valence-electron chi connectivity index (χ2n) is 9.46. The minimum absolute atomic E-state index is 0.0864. The van der Waals surface area contributed by atoms with Crippen molar-refractivity contribution in [1.82, 2.24) is 14.8 Å². The Labute approximate surface area is 184 Å². The largest absolute Gasteiger partial charge is 0.444 e. The number of aromatic nitrogens is 1. The number of rotatable bonds is 3. The van der Waals surface area contributed by atoms with E-state index in [9.17, 15) is 14.4 Å². The van der Waals surface area contributed by atoms with E-state index in [0.29, 0.717) is 31.9 Å². The summed E-state index contributed by atoms with van der Waals surface area (Å²) in [6.07, 6.45) is 3.41. The van der Waals surface area contributed by atoms with Gasteiger partial charge >= 0.3 is 6.09 Å². The summed E-state index contributed by atoms with van der Waals surface area (Å²) < 4.78 is 5.53. The lowest BCUT2D eigenvalue weighted by Crippen LogP contribution is -2.56. The Morgan fingerprint density at radius 2 is 1.87 bits per heavy atom. The highest BCUT2D eigenvalue weighted by Gasteiger charge is 2.39. The van der Waals surface area contributed by atoms with Crippen LogP contribution in [0, 0.1) is 12.8 Å². The molecule has 2 saturated heterocycles. The molecular weight excluding hydrogens is 396 g/mol. The zero-order valence-electron chi connectivity index (χ0n) is 19.0. The van der Waals surface area contributed by atoms with Gasteiger partial charge < -0.3 is 15.0 Å². The molecule has 0 bridgehead atoms. The number of ether oxygens (including phenoxy) is 1. The molecule has 1 N–H and O–H groups in total. The standard InChI is InChI=1S/C23H34N4O4/c1-16-9-7-12-19(24-16)25-20(28)17-10-8-13-26(15-17)21(29)18-11-5-6-14-27(18)22(30)31-23(2,3)4/h7,9,12,17-18H,5-6,8,10-11,13-15H2,1-4H3,(H,24,25,28). The van der Waals surface area contributed by atoms with Crippen molar-refractivity contribution in [1.29, 1.82) is 0 Å². The highest BCUT2D eigenvalue weighted by atomic mass is 16.6. The molecule has 3 rings (SSSR count). The van der Waals surface area contributed by atoms with Crippen molar-refractivity contribution >= 4 is 23.7 Å². The Balaban J connectivity index is 1.64. The minimum atomic E-state index is -0.611. The summed E-state index contributed by atoms with van der Waals surface area (Å²) in [5.74, 6) is 0.0235. The van der Waals surface area contributed by atoms with E-state index in [1.54, 1.807) is 15.9 Å². The maximum Gasteiger partial charge on any atom is 0.410 e. The number of carbonyl (C=O) groups is 3. The molecule has 1 aromatic rings. The topological polar surface area (TPSA) is 91.8 Å². The summed E-state index contributed by atoms with van der Waals surface area (Å²) in [4.78, 5) is 46.4. The summed E-state index contributed by atoms with van der Waals surface area (Å²) >= 11 is 0. The van der Waals surface area contributed by atoms with Crippen molar-refractivity contribution in [2.75, 3.05) is 25.0 Å². The highest BCUT2D eigenvalue weighted by Crippen LogP contribution is 2.25. The Kier molecular flexibility index (Phi) is 7.18. The lowest BCUT2D eigenvalue weighted by Gasteiger charge is -2.40. The van der Waals surface area contributed by atoms with Crippen molar-refractivity contribution in [3.05, 3.63) is 23.9 Å². The zero-order chi connectivity index (χ0) is 22.6. The molecule has 0 aromatic carbocycles. The van der Waals surface area contributed by atoms with Crippen molar-refractivity contribution in [3.63, 3.8) is 0 Å². The first kappa shape index (κ1) is 23.0. The number of amides is 3. The van der Waals surface area contributed by atoms with Crippen LogP contribution in [0.3, 0.4) is 0 Å². The van der Waals surface area contributed by atoms with E-state index in [1.165, 1.54) is 0 Å². The molecular formula is C23H34N4O4. The van der Waals surface area contributed by atoms with E-state index in [4.69, 9.17) is 4.74 Å². The molecule has 0 saturated carbocycles. The normalized spacial score (nSPS) is 22.1. The van der Waals surface area contributed by atoms with Gasteiger partial charge in [-0.25, -0.2) is 9.78 Å². The molecule has 3 heterocycles. The van der Waals surface area contributed by atoms with E-state index in [2.05, 4.69) is 10.3 Å². The van der Waals surface area contributed by atoms with E-state index < -0.39 is 17.7 Å². The van der Waals surface area contributed by atoms with Gasteiger partial charge in [-0.2, -0.15) is 0 Å². The van der Waals surface area contributed by atoms with E-state index in [1.807, 2.05) is 39.8 Å². The maximum absolute atomic E-state index is 13.3. The molecule has 2 unspecified atom stereocenters. The van der Waals surface area contributed by atoms with Crippen LogP contribution in [-0.4, -0.2) is 64.0 Å². The second kappa shape index (κ2) is 9.66. The molecule has 2 aliphatic heterocycles. The third-order valence-corrected chi connectivity index (χ3v) is 5.66. The van der Waals surface area contributed by atoms with E-state index in [-0.39, 0.29) is 17.7 Å². The number of hydrogen-bond donors (Lipinski definition) is 1. The molecule has 8 nitrogen and oxygen atoms in total. The Bertz CT molecular complexity index is 820. The van der Waals surface area contributed by atoms with Gasteiger partial charge in [0.25, 0.3) is 0 Å². The van der Waals surface area contributed by atoms with Gasteiger partial charge in [0.15, 0.2) is 0 Å². The first-order chi connectivity index (χ1) is 14.6.